The number of nitrogens with one attached hydrogen (secondary N) is 1. The first-order chi connectivity index (χ1) is 26.6. The van der Waals surface area contributed by atoms with E-state index in [1.165, 1.54) is 0 Å². The molecule has 0 spiro atoms. The summed E-state index contributed by atoms with van der Waals surface area (Å²) in [6.45, 7) is 23.9. The second-order valence-corrected chi connectivity index (χ2v) is 12.6. The van der Waals surface area contributed by atoms with Gasteiger partial charge in [-0.25, -0.2) is 0 Å². The van der Waals surface area contributed by atoms with E-state index in [1.807, 2.05) is 12.2 Å². The van der Waals surface area contributed by atoms with Gasteiger partial charge in [-0.2, -0.15) is 0 Å². The number of allylic oxidation sites excluding steroid dienone is 1. The molecule has 1 saturated heterocycles. The Morgan fingerprint density at radius 3 is 1.55 bits per heavy atom. The largest absolute Gasteiger partial charge is 0.391 e. The topological polar surface area (TPSA) is 67.8 Å². The zero-order chi connectivity index (χ0) is 40.6. The summed E-state index contributed by atoms with van der Waals surface area (Å²) in [4.78, 5) is 12.8. The molecule has 55 heavy (non-hydrogen) atoms. The highest BCUT2D eigenvalue weighted by atomic mass is 16.7. The van der Waals surface area contributed by atoms with Crippen LogP contribution in [-0.2, 0) is 14.3 Å². The summed E-state index contributed by atoms with van der Waals surface area (Å²) in [6, 6.07) is -0.758. The molecule has 0 saturated carbocycles. The van der Waals surface area contributed by atoms with E-state index in [-0.39, 0.29) is 35.9 Å². The molecule has 7 atom stereocenters. The minimum atomic E-state index is -0.889. The lowest BCUT2D eigenvalue weighted by Gasteiger charge is -2.44. The van der Waals surface area contributed by atoms with Gasteiger partial charge in [0.1, 0.15) is 0 Å². The molecule has 1 aliphatic heterocycles. The second kappa shape index (κ2) is 28.6. The number of aliphatic hydroxyl groups excluding tert-OH is 1. The summed E-state index contributed by atoms with van der Waals surface area (Å²) in [5, 5.41) is 13.9. The molecule has 272 valence electrons. The molecule has 1 rings (SSSR count). The predicted octanol–water partition coefficient (Wildman–Crippen LogP) is 4.83. The molecule has 0 bridgehead atoms. The zero-order valence-electron chi connectivity index (χ0n) is 31.9. The maximum absolute atomic E-state index is 12.8. The van der Waals surface area contributed by atoms with Crippen molar-refractivity contribution >= 4 is 5.91 Å². The van der Waals surface area contributed by atoms with Crippen LogP contribution in [-0.4, -0.2) is 42.2 Å². The van der Waals surface area contributed by atoms with Crippen LogP contribution in [0.3, 0.4) is 0 Å². The Morgan fingerprint density at radius 1 is 0.709 bits per heavy atom. The molecular weight excluding hydrogens is 679 g/mol. The lowest BCUT2D eigenvalue weighted by molar-refractivity contribution is -0.236. The number of carbonyl (C=O) groups is 1. The average Bonchev–Trinajstić information content (AvgIpc) is 3.15. The monoisotopic (exact) mass is 721 g/mol. The Morgan fingerprint density at radius 2 is 1.15 bits per heavy atom. The van der Waals surface area contributed by atoms with Crippen LogP contribution in [0, 0.1) is 165 Å². The standard InChI is InChI=1S/C50H43NO4/c1-9-14-15-16-17-18-19-20-21-22-23-24-25-26-27-28-29-30-31-32-33-34-35-39-48(53)51-45(46(52)38-36-40-50(6,7)8)41-54-49-44(13-5)42(11-3)43(12-4)47(55-49)37-10-2/h10-13,42-47,49,52H,2-5,36-38,40-41H2,1,6-8H3,(H,51,53)/t42-,43+,44?,45-,46+,47?,49+/m0/s1. The van der Waals surface area contributed by atoms with Crippen LogP contribution in [0.1, 0.15) is 53.4 Å². The molecule has 5 heteroatoms. The van der Waals surface area contributed by atoms with Crippen LogP contribution in [0.4, 0.5) is 0 Å². The molecule has 0 aromatic carbocycles. The maximum atomic E-state index is 12.8. The number of rotatable bonds is 13. The van der Waals surface area contributed by atoms with Crippen molar-refractivity contribution in [2.24, 2.45) is 23.2 Å². The molecule has 1 fully saturated rings. The van der Waals surface area contributed by atoms with Crippen molar-refractivity contribution in [1.82, 2.24) is 5.32 Å². The maximum Gasteiger partial charge on any atom is 0.297 e. The summed E-state index contributed by atoms with van der Waals surface area (Å²) in [5.74, 6) is 59.5. The van der Waals surface area contributed by atoms with E-state index in [4.69, 9.17) is 9.47 Å². The number of hydrogen-bond donors (Lipinski definition) is 2. The Hall–Kier alpha value is -6.97. The first kappa shape index (κ1) is 46.1. The average molecular weight is 722 g/mol. The Balaban J connectivity index is 2.87. The van der Waals surface area contributed by atoms with Crippen molar-refractivity contribution in [2.45, 2.75) is 77.9 Å². The van der Waals surface area contributed by atoms with E-state index in [9.17, 15) is 9.90 Å². The predicted molar refractivity (Wildman–Crippen MR) is 221 cm³/mol. The quantitative estimate of drug-likeness (QED) is 0.211. The van der Waals surface area contributed by atoms with Gasteiger partial charge in [0, 0.05) is 53.3 Å². The van der Waals surface area contributed by atoms with Crippen molar-refractivity contribution < 1.29 is 19.4 Å². The van der Waals surface area contributed by atoms with E-state index >= 15 is 0 Å². The van der Waals surface area contributed by atoms with E-state index in [0.29, 0.717) is 12.8 Å². The van der Waals surface area contributed by atoms with Gasteiger partial charge in [0.2, 0.25) is 0 Å². The second-order valence-electron chi connectivity index (χ2n) is 12.6. The van der Waals surface area contributed by atoms with E-state index < -0.39 is 24.3 Å². The minimum absolute atomic E-state index is 0.00541. The first-order valence-electron chi connectivity index (χ1n) is 17.3. The molecule has 0 aromatic heterocycles. The molecule has 2 unspecified atom stereocenters. The Labute approximate surface area is 330 Å². The van der Waals surface area contributed by atoms with Crippen LogP contribution in [0.25, 0.3) is 0 Å². The highest BCUT2D eigenvalue weighted by Gasteiger charge is 2.42. The number of aliphatic hydroxyl groups is 1. The van der Waals surface area contributed by atoms with Crippen LogP contribution in [0.5, 0.6) is 0 Å². The van der Waals surface area contributed by atoms with Crippen molar-refractivity contribution in [2.75, 3.05) is 6.61 Å². The molecule has 1 heterocycles. The van der Waals surface area contributed by atoms with Crippen molar-refractivity contribution in [3.63, 3.8) is 0 Å². The molecule has 5 nitrogen and oxygen atoms in total. The van der Waals surface area contributed by atoms with E-state index in [0.717, 1.165) is 12.8 Å². The van der Waals surface area contributed by atoms with Crippen LogP contribution in [0.2, 0.25) is 0 Å². The Bertz CT molecular complexity index is 2200. The van der Waals surface area contributed by atoms with Crippen molar-refractivity contribution in [1.29, 1.82) is 0 Å². The fraction of sp³-hybridized carbons (Fsp3) is 0.340. The molecule has 0 aliphatic carbocycles. The number of ether oxygens (including phenoxy) is 2. The Kier molecular flexibility index (Phi) is 23.9. The number of carbonyl (C=O) groups excluding carboxylic acids is 1. The zero-order valence-corrected chi connectivity index (χ0v) is 31.9. The number of hydrogen-bond acceptors (Lipinski definition) is 4. The van der Waals surface area contributed by atoms with Crippen molar-refractivity contribution in [3.05, 3.63) is 50.6 Å². The van der Waals surface area contributed by atoms with Gasteiger partial charge in [0.15, 0.2) is 6.29 Å². The summed E-state index contributed by atoms with van der Waals surface area (Å²) >= 11 is 0. The first-order valence-corrected chi connectivity index (χ1v) is 17.3. The van der Waals surface area contributed by atoms with Crippen molar-refractivity contribution in [3.8, 4) is 142 Å². The highest BCUT2D eigenvalue weighted by molar-refractivity contribution is 5.94. The third-order valence-corrected chi connectivity index (χ3v) is 7.42. The van der Waals surface area contributed by atoms with Gasteiger partial charge in [0.25, 0.3) is 5.91 Å². The third kappa shape index (κ3) is 21.2. The fourth-order valence-corrected chi connectivity index (χ4v) is 4.93. The molecule has 0 aromatic rings. The number of amides is 1. The lowest BCUT2D eigenvalue weighted by atomic mass is 9.75. The van der Waals surface area contributed by atoms with Gasteiger partial charge in [-0.05, 0) is 132 Å². The smallest absolute Gasteiger partial charge is 0.297 e. The summed E-state index contributed by atoms with van der Waals surface area (Å²) in [5.41, 5.74) is 0.103. The molecular formula is C50H43NO4. The summed E-state index contributed by atoms with van der Waals surface area (Å²) in [6.07, 6.45) is 8.22. The van der Waals surface area contributed by atoms with Gasteiger partial charge in [-0.1, -0.05) is 57.4 Å². The minimum Gasteiger partial charge on any atom is -0.391 e. The fourth-order valence-electron chi connectivity index (χ4n) is 4.93. The van der Waals surface area contributed by atoms with Gasteiger partial charge in [-0.3, -0.25) is 4.79 Å². The highest BCUT2D eigenvalue weighted by Crippen LogP contribution is 2.39. The molecule has 2 N–H and O–H groups in total. The lowest BCUT2D eigenvalue weighted by Crippen LogP contribution is -2.50. The third-order valence-electron chi connectivity index (χ3n) is 7.42. The normalized spacial score (nSPS) is 17.7. The SMILES string of the molecule is C=CCC1O[C@@H](OC[C@H](NC(=O)C#CC#CC#CC#CC#CC#CC#CC#CC#CC#CC#CC#CC)[C@H](O)CCCC(C)(C)C)C(C=C)[C@@H](C=C)[C@H]1C=C. The van der Waals surface area contributed by atoms with E-state index in [2.05, 4.69) is 194 Å². The van der Waals surface area contributed by atoms with Crippen LogP contribution < -0.4 is 5.32 Å². The van der Waals surface area contributed by atoms with Crippen LogP contribution >= 0.6 is 0 Å². The molecule has 0 radical (unpaired) electrons. The van der Waals surface area contributed by atoms with Gasteiger partial charge in [0.05, 0.1) is 24.9 Å². The van der Waals surface area contributed by atoms with Gasteiger partial charge in [-0.15, -0.1) is 26.3 Å². The van der Waals surface area contributed by atoms with Gasteiger partial charge < -0.3 is 19.9 Å². The summed E-state index contributed by atoms with van der Waals surface area (Å²) < 4.78 is 12.6. The van der Waals surface area contributed by atoms with Gasteiger partial charge >= 0.3 is 0 Å². The van der Waals surface area contributed by atoms with E-state index in [1.54, 1.807) is 19.1 Å². The molecule has 1 aliphatic rings. The van der Waals surface area contributed by atoms with Crippen LogP contribution in [0.15, 0.2) is 50.6 Å². The summed E-state index contributed by atoms with van der Waals surface area (Å²) in [7, 11) is 0. The molecule has 1 amide bonds.